The number of hydrogen-bond acceptors (Lipinski definition) is 3. The number of unbranched alkanes of at least 4 members (excludes halogenated alkanes) is 4. The molecule has 0 fully saturated rings. The minimum absolute atomic E-state index is 0.670. The zero-order valence-corrected chi connectivity index (χ0v) is 12.5. The van der Waals surface area contributed by atoms with Gasteiger partial charge in [-0.1, -0.05) is 44.7 Å². The van der Waals surface area contributed by atoms with E-state index in [0.29, 0.717) is 5.56 Å². The lowest BCUT2D eigenvalue weighted by molar-refractivity contribution is 0.622. The fraction of sp³-hybridized carbons (Fsp3) is 0.389. The van der Waals surface area contributed by atoms with Crippen LogP contribution >= 0.6 is 0 Å². The van der Waals surface area contributed by atoms with Gasteiger partial charge in [0.1, 0.15) is 5.82 Å². The van der Waals surface area contributed by atoms with Crippen molar-refractivity contribution in [3.05, 3.63) is 48.0 Å². The first kappa shape index (κ1) is 15.2. The summed E-state index contributed by atoms with van der Waals surface area (Å²) in [6.07, 6.45) is 11.0. The normalized spacial score (nSPS) is 10.3. The summed E-state index contributed by atoms with van der Waals surface area (Å²) >= 11 is 0. The van der Waals surface area contributed by atoms with E-state index in [-0.39, 0.29) is 0 Å². The summed E-state index contributed by atoms with van der Waals surface area (Å²) in [5.74, 6) is 0.920. The topological polar surface area (TPSA) is 49.6 Å². The lowest BCUT2D eigenvalue weighted by Gasteiger charge is -2.03. The SMILES string of the molecule is CCCCCCCc1ncc(-c2ccc(C#N)cc2)cn1. The second kappa shape index (κ2) is 8.16. The molecule has 0 atom stereocenters. The quantitative estimate of drug-likeness (QED) is 0.700. The van der Waals surface area contributed by atoms with Crippen LogP contribution in [0, 0.1) is 11.3 Å². The number of nitriles is 1. The number of hydrogen-bond donors (Lipinski definition) is 0. The number of aryl methyl sites for hydroxylation is 1. The molecular weight excluding hydrogens is 258 g/mol. The van der Waals surface area contributed by atoms with Crippen molar-refractivity contribution >= 4 is 0 Å². The van der Waals surface area contributed by atoms with Crippen LogP contribution in [0.15, 0.2) is 36.7 Å². The predicted octanol–water partition coefficient (Wildman–Crippen LogP) is 4.53. The highest BCUT2D eigenvalue weighted by molar-refractivity contribution is 5.62. The Kier molecular flexibility index (Phi) is 5.90. The second-order valence-corrected chi connectivity index (χ2v) is 5.24. The molecule has 0 aliphatic carbocycles. The van der Waals surface area contributed by atoms with Crippen LogP contribution in [-0.4, -0.2) is 9.97 Å². The summed E-state index contributed by atoms with van der Waals surface area (Å²) in [5.41, 5.74) is 2.71. The molecule has 0 saturated heterocycles. The van der Waals surface area contributed by atoms with Crippen LogP contribution in [0.4, 0.5) is 0 Å². The summed E-state index contributed by atoms with van der Waals surface area (Å²) in [6.45, 7) is 2.23. The minimum Gasteiger partial charge on any atom is -0.241 e. The third kappa shape index (κ3) is 4.68. The highest BCUT2D eigenvalue weighted by atomic mass is 14.9. The molecule has 1 aromatic heterocycles. The average Bonchev–Trinajstić information content (AvgIpc) is 2.55. The number of rotatable bonds is 7. The zero-order valence-electron chi connectivity index (χ0n) is 12.5. The zero-order chi connectivity index (χ0) is 14.9. The summed E-state index contributed by atoms with van der Waals surface area (Å²) < 4.78 is 0. The Morgan fingerprint density at radius 2 is 1.57 bits per heavy atom. The van der Waals surface area contributed by atoms with Gasteiger partial charge in [-0.15, -0.1) is 0 Å². The molecular formula is C18H21N3. The molecule has 0 bridgehead atoms. The van der Waals surface area contributed by atoms with Crippen molar-refractivity contribution in [2.75, 3.05) is 0 Å². The molecule has 0 amide bonds. The summed E-state index contributed by atoms with van der Waals surface area (Å²) in [4.78, 5) is 8.88. The summed E-state index contributed by atoms with van der Waals surface area (Å²) in [7, 11) is 0. The first-order valence-electron chi connectivity index (χ1n) is 7.65. The van der Waals surface area contributed by atoms with Gasteiger partial charge in [0.25, 0.3) is 0 Å². The Morgan fingerprint density at radius 1 is 0.905 bits per heavy atom. The van der Waals surface area contributed by atoms with Gasteiger partial charge >= 0.3 is 0 Å². The maximum atomic E-state index is 8.80. The molecule has 21 heavy (non-hydrogen) atoms. The number of benzene rings is 1. The predicted molar refractivity (Wildman–Crippen MR) is 84.6 cm³/mol. The van der Waals surface area contributed by atoms with Crippen molar-refractivity contribution in [3.8, 4) is 17.2 Å². The van der Waals surface area contributed by atoms with Gasteiger partial charge in [-0.3, -0.25) is 0 Å². The molecule has 0 unspecified atom stereocenters. The third-order valence-electron chi connectivity index (χ3n) is 3.56. The monoisotopic (exact) mass is 279 g/mol. The van der Waals surface area contributed by atoms with Crippen molar-refractivity contribution in [3.63, 3.8) is 0 Å². The Hall–Kier alpha value is -2.21. The maximum Gasteiger partial charge on any atom is 0.128 e. The summed E-state index contributed by atoms with van der Waals surface area (Å²) in [6, 6.07) is 9.62. The summed E-state index contributed by atoms with van der Waals surface area (Å²) in [5, 5.41) is 8.80. The molecule has 0 N–H and O–H groups in total. The molecule has 108 valence electrons. The second-order valence-electron chi connectivity index (χ2n) is 5.24. The number of aromatic nitrogens is 2. The van der Waals surface area contributed by atoms with E-state index in [1.54, 1.807) is 0 Å². The number of nitrogens with zero attached hydrogens (tertiary/aromatic N) is 3. The van der Waals surface area contributed by atoms with Crippen LogP contribution in [0.3, 0.4) is 0 Å². The molecule has 0 aliphatic rings. The Bertz CT molecular complexity index is 579. The smallest absolute Gasteiger partial charge is 0.128 e. The lowest BCUT2D eigenvalue weighted by atomic mass is 10.1. The van der Waals surface area contributed by atoms with E-state index in [2.05, 4.69) is 23.0 Å². The van der Waals surface area contributed by atoms with E-state index in [4.69, 9.17) is 5.26 Å². The van der Waals surface area contributed by atoms with Gasteiger partial charge in [-0.25, -0.2) is 9.97 Å². The largest absolute Gasteiger partial charge is 0.241 e. The van der Waals surface area contributed by atoms with Gasteiger partial charge in [0.05, 0.1) is 11.6 Å². The van der Waals surface area contributed by atoms with Crippen LogP contribution in [0.2, 0.25) is 0 Å². The van der Waals surface area contributed by atoms with Crippen LogP contribution in [0.5, 0.6) is 0 Å². The van der Waals surface area contributed by atoms with Gasteiger partial charge in [-0.05, 0) is 24.1 Å². The minimum atomic E-state index is 0.670. The molecule has 1 heterocycles. The van der Waals surface area contributed by atoms with Crippen molar-refractivity contribution < 1.29 is 0 Å². The van der Waals surface area contributed by atoms with Crippen LogP contribution in [-0.2, 0) is 6.42 Å². The highest BCUT2D eigenvalue weighted by Crippen LogP contribution is 2.18. The first-order valence-corrected chi connectivity index (χ1v) is 7.65. The van der Waals surface area contributed by atoms with E-state index >= 15 is 0 Å². The third-order valence-corrected chi connectivity index (χ3v) is 3.56. The van der Waals surface area contributed by atoms with Crippen molar-refractivity contribution in [1.82, 2.24) is 9.97 Å². The van der Waals surface area contributed by atoms with Crippen molar-refractivity contribution in [2.24, 2.45) is 0 Å². The highest BCUT2D eigenvalue weighted by Gasteiger charge is 2.01. The standard InChI is InChI=1S/C18H21N3/c1-2-3-4-5-6-7-18-20-13-17(14-21-18)16-10-8-15(12-19)9-11-16/h8-11,13-14H,2-7H2,1H3. The van der Waals surface area contributed by atoms with E-state index in [0.717, 1.165) is 29.8 Å². The van der Waals surface area contributed by atoms with E-state index < -0.39 is 0 Å². The fourth-order valence-electron chi connectivity index (χ4n) is 2.26. The average molecular weight is 279 g/mol. The molecule has 2 rings (SSSR count). The van der Waals surface area contributed by atoms with Gasteiger partial charge in [0.15, 0.2) is 0 Å². The molecule has 3 nitrogen and oxygen atoms in total. The van der Waals surface area contributed by atoms with E-state index in [1.807, 2.05) is 36.7 Å². The van der Waals surface area contributed by atoms with Gasteiger partial charge in [0, 0.05) is 24.4 Å². The van der Waals surface area contributed by atoms with Crippen molar-refractivity contribution in [1.29, 1.82) is 5.26 Å². The maximum absolute atomic E-state index is 8.80. The molecule has 0 saturated carbocycles. The Balaban J connectivity index is 1.90. The van der Waals surface area contributed by atoms with Gasteiger partial charge < -0.3 is 0 Å². The lowest BCUT2D eigenvalue weighted by Crippen LogP contribution is -1.95. The van der Waals surface area contributed by atoms with Crippen LogP contribution < -0.4 is 0 Å². The first-order chi connectivity index (χ1) is 10.3. The molecule has 1 aromatic carbocycles. The molecule has 3 heteroatoms. The Morgan fingerprint density at radius 3 is 2.19 bits per heavy atom. The van der Waals surface area contributed by atoms with Crippen molar-refractivity contribution in [2.45, 2.75) is 45.4 Å². The fourth-order valence-corrected chi connectivity index (χ4v) is 2.26. The van der Waals surface area contributed by atoms with Crippen LogP contribution in [0.1, 0.15) is 50.4 Å². The molecule has 2 aromatic rings. The van der Waals surface area contributed by atoms with Gasteiger partial charge in [-0.2, -0.15) is 5.26 Å². The Labute approximate surface area is 126 Å². The van der Waals surface area contributed by atoms with E-state index in [9.17, 15) is 0 Å². The van der Waals surface area contributed by atoms with Gasteiger partial charge in [0.2, 0.25) is 0 Å². The molecule has 0 aliphatic heterocycles. The van der Waals surface area contributed by atoms with E-state index in [1.165, 1.54) is 25.7 Å². The van der Waals surface area contributed by atoms with Crippen LogP contribution in [0.25, 0.3) is 11.1 Å². The molecule has 0 spiro atoms. The molecule has 0 radical (unpaired) electrons.